The summed E-state index contributed by atoms with van der Waals surface area (Å²) in [5.74, 6) is 0. The van der Waals surface area contributed by atoms with Crippen molar-refractivity contribution in [1.29, 1.82) is 0 Å². The van der Waals surface area contributed by atoms with Gasteiger partial charge in [0.25, 0.3) is 0 Å². The first-order valence-electron chi connectivity index (χ1n) is 17.4. The zero-order valence-electron chi connectivity index (χ0n) is 27.7. The first-order valence-corrected chi connectivity index (χ1v) is 17.4. The summed E-state index contributed by atoms with van der Waals surface area (Å²) in [6.45, 7) is 4.36. The maximum atomic E-state index is 5.99. The molecule has 3 heteroatoms. The average molecular weight is 651 g/mol. The lowest BCUT2D eigenvalue weighted by Gasteiger charge is -2.27. The highest BCUT2D eigenvalue weighted by Gasteiger charge is 2.21. The van der Waals surface area contributed by atoms with Crippen LogP contribution in [0.2, 0.25) is 0 Å². The topological polar surface area (TPSA) is 20.8 Å². The van der Waals surface area contributed by atoms with Crippen LogP contribution in [0.3, 0.4) is 0 Å². The number of furan rings is 1. The van der Waals surface area contributed by atoms with Crippen LogP contribution in [0, 0.1) is 0 Å². The fourth-order valence-electron chi connectivity index (χ4n) is 8.53. The summed E-state index contributed by atoms with van der Waals surface area (Å²) >= 11 is 0. The predicted molar refractivity (Wildman–Crippen MR) is 217 cm³/mol. The van der Waals surface area contributed by atoms with E-state index in [0.29, 0.717) is 0 Å². The second-order valence-electron chi connectivity index (χ2n) is 13.4. The lowest BCUT2D eigenvalue weighted by molar-refractivity contribution is 0.615. The predicted octanol–water partition coefficient (Wildman–Crippen LogP) is 13.4. The number of benzene rings is 8. The van der Waals surface area contributed by atoms with Crippen LogP contribution in [0.4, 0.5) is 11.4 Å². The molecule has 11 aromatic rings. The van der Waals surface area contributed by atoms with E-state index >= 15 is 0 Å². The summed E-state index contributed by atoms with van der Waals surface area (Å²) in [6.07, 6.45) is 5.98. The first-order chi connectivity index (χ1) is 25.3. The molecule has 0 radical (unpaired) electrons. The van der Waals surface area contributed by atoms with Gasteiger partial charge in [-0.1, -0.05) is 116 Å². The van der Waals surface area contributed by atoms with Gasteiger partial charge in [0.05, 0.1) is 22.8 Å². The Labute approximate surface area is 293 Å². The molecule has 8 aromatic carbocycles. The van der Waals surface area contributed by atoms with Crippen molar-refractivity contribution in [3.05, 3.63) is 182 Å². The zero-order chi connectivity index (χ0) is 33.6. The van der Waals surface area contributed by atoms with Gasteiger partial charge in [0, 0.05) is 49.6 Å². The Bertz CT molecular complexity index is 3190. The number of fused-ring (bicyclic) bond motifs is 13. The molecule has 0 spiro atoms. The van der Waals surface area contributed by atoms with Crippen molar-refractivity contribution in [2.24, 2.45) is 0 Å². The van der Waals surface area contributed by atoms with Gasteiger partial charge in [0.2, 0.25) is 0 Å². The van der Waals surface area contributed by atoms with Crippen LogP contribution in [-0.4, -0.2) is 4.40 Å². The second kappa shape index (κ2) is 10.6. The van der Waals surface area contributed by atoms with Gasteiger partial charge in [-0.05, 0) is 86.9 Å². The maximum Gasteiger partial charge on any atom is 0.134 e. The number of aromatic nitrogens is 1. The normalized spacial score (nSPS) is 12.5. The number of allylic oxidation sites excluding steroid dienone is 1. The van der Waals surface area contributed by atoms with Crippen molar-refractivity contribution in [2.45, 2.75) is 0 Å². The van der Waals surface area contributed by atoms with Crippen LogP contribution >= 0.6 is 0 Å². The molecular weight excluding hydrogens is 621 g/mol. The average Bonchev–Trinajstić information content (AvgIpc) is 3.87. The molecule has 3 nitrogen and oxygen atoms in total. The molecule has 0 aliphatic rings. The van der Waals surface area contributed by atoms with Gasteiger partial charge in [-0.2, -0.15) is 0 Å². The summed E-state index contributed by atoms with van der Waals surface area (Å²) in [5, 5.41) is 13.6. The van der Waals surface area contributed by atoms with Crippen molar-refractivity contribution >= 4 is 98.8 Å². The van der Waals surface area contributed by atoms with Crippen molar-refractivity contribution in [2.75, 3.05) is 4.90 Å². The van der Waals surface area contributed by atoms with Gasteiger partial charge >= 0.3 is 0 Å². The highest BCUT2D eigenvalue weighted by atomic mass is 16.3. The van der Waals surface area contributed by atoms with Crippen LogP contribution in [0.15, 0.2) is 181 Å². The number of hydrogen-bond donors (Lipinski definition) is 0. The van der Waals surface area contributed by atoms with E-state index < -0.39 is 0 Å². The molecule has 0 fully saturated rings. The lowest BCUT2D eigenvalue weighted by atomic mass is 9.94. The van der Waals surface area contributed by atoms with E-state index in [0.717, 1.165) is 33.6 Å². The Morgan fingerprint density at radius 2 is 1.02 bits per heavy atom. The molecule has 238 valence electrons. The molecule has 11 rings (SSSR count). The van der Waals surface area contributed by atoms with Crippen molar-refractivity contribution in [3.63, 3.8) is 0 Å². The Morgan fingerprint density at radius 3 is 1.75 bits per heavy atom. The second-order valence-corrected chi connectivity index (χ2v) is 13.4. The first kappa shape index (κ1) is 28.0. The molecule has 0 saturated heterocycles. The monoisotopic (exact) mass is 650 g/mol. The van der Waals surface area contributed by atoms with Crippen LogP contribution in [0.25, 0.3) is 87.5 Å². The van der Waals surface area contributed by atoms with E-state index in [-0.39, 0.29) is 0 Å². The third kappa shape index (κ3) is 3.94. The SMILES string of the molecule is C=CC(=Cc1coc2ccccc12)N(c1ccc2c3ccccc3c3ccccc3c2c1)c1ccc2c(c1)c1cccc3c4ccccc4n2c31. The number of anilines is 2. The smallest absolute Gasteiger partial charge is 0.134 e. The van der Waals surface area contributed by atoms with Gasteiger partial charge in [-0.3, -0.25) is 0 Å². The summed E-state index contributed by atoms with van der Waals surface area (Å²) in [7, 11) is 0. The Morgan fingerprint density at radius 1 is 0.490 bits per heavy atom. The van der Waals surface area contributed by atoms with Crippen LogP contribution < -0.4 is 4.90 Å². The number of para-hydroxylation sites is 3. The Balaban J connectivity index is 1.20. The minimum atomic E-state index is 0.863. The molecule has 0 N–H and O–H groups in total. The van der Waals surface area contributed by atoms with Crippen LogP contribution in [0.5, 0.6) is 0 Å². The minimum absolute atomic E-state index is 0.863. The zero-order valence-corrected chi connectivity index (χ0v) is 27.7. The summed E-state index contributed by atoms with van der Waals surface area (Å²) in [4.78, 5) is 2.34. The Kier molecular flexibility index (Phi) is 5.82. The molecule has 0 saturated carbocycles. The van der Waals surface area contributed by atoms with Gasteiger partial charge in [-0.25, -0.2) is 0 Å². The van der Waals surface area contributed by atoms with Gasteiger partial charge in [0.15, 0.2) is 0 Å². The number of nitrogens with zero attached hydrogens (tertiary/aromatic N) is 2. The molecule has 51 heavy (non-hydrogen) atoms. The van der Waals surface area contributed by atoms with E-state index in [1.54, 1.807) is 0 Å². The van der Waals surface area contributed by atoms with E-state index in [2.05, 4.69) is 161 Å². The van der Waals surface area contributed by atoms with Gasteiger partial charge < -0.3 is 13.7 Å². The Hall–Kier alpha value is -6.84. The molecule has 0 aliphatic carbocycles. The molecule has 0 bridgehead atoms. The van der Waals surface area contributed by atoms with Crippen LogP contribution in [0.1, 0.15) is 5.56 Å². The molecule has 3 heterocycles. The molecular formula is C48H30N2O. The van der Waals surface area contributed by atoms with E-state index in [4.69, 9.17) is 4.42 Å². The van der Waals surface area contributed by atoms with Gasteiger partial charge in [0.1, 0.15) is 5.58 Å². The largest absolute Gasteiger partial charge is 0.464 e. The van der Waals surface area contributed by atoms with E-state index in [1.165, 1.54) is 70.4 Å². The highest BCUT2D eigenvalue weighted by Crippen LogP contribution is 2.43. The molecule has 0 atom stereocenters. The van der Waals surface area contributed by atoms with Crippen molar-refractivity contribution in [1.82, 2.24) is 4.40 Å². The molecule has 0 amide bonds. The highest BCUT2D eigenvalue weighted by molar-refractivity contribution is 6.26. The maximum absolute atomic E-state index is 5.99. The van der Waals surface area contributed by atoms with Crippen molar-refractivity contribution in [3.8, 4) is 0 Å². The molecule has 0 unspecified atom stereocenters. The van der Waals surface area contributed by atoms with E-state index in [1.807, 2.05) is 24.5 Å². The summed E-state index contributed by atoms with van der Waals surface area (Å²) in [6, 6.07) is 54.8. The summed E-state index contributed by atoms with van der Waals surface area (Å²) in [5.41, 5.74) is 8.64. The van der Waals surface area contributed by atoms with E-state index in [9.17, 15) is 0 Å². The third-order valence-electron chi connectivity index (χ3n) is 10.7. The minimum Gasteiger partial charge on any atom is -0.464 e. The molecule has 3 aromatic heterocycles. The van der Waals surface area contributed by atoms with Crippen LogP contribution in [-0.2, 0) is 0 Å². The van der Waals surface area contributed by atoms with Gasteiger partial charge in [-0.15, -0.1) is 0 Å². The fraction of sp³-hybridized carbons (Fsp3) is 0. The third-order valence-corrected chi connectivity index (χ3v) is 10.7. The standard InChI is InChI=1S/C48H30N2O/c1-2-31(26-30-29-51-47-21-10-8-12-34(30)47)49(32-22-24-39-37-15-4-3-13-35(37)36-14-5-6-16-38(36)43(39)27-32)33-23-25-46-44(28-33)42-19-11-18-41-40-17-7-9-20-45(40)50(46)48(41)42/h2-29H,1H2. The molecule has 0 aliphatic heterocycles. The number of hydrogen-bond acceptors (Lipinski definition) is 2. The fourth-order valence-corrected chi connectivity index (χ4v) is 8.53. The number of rotatable bonds is 5. The quantitative estimate of drug-likeness (QED) is 0.136. The lowest BCUT2D eigenvalue weighted by Crippen LogP contribution is -2.15. The summed E-state index contributed by atoms with van der Waals surface area (Å²) < 4.78 is 8.42. The van der Waals surface area contributed by atoms with Crippen molar-refractivity contribution < 1.29 is 4.42 Å².